The van der Waals surface area contributed by atoms with Gasteiger partial charge in [0.25, 0.3) is 0 Å². The van der Waals surface area contributed by atoms with Crippen LogP contribution >= 0.6 is 23.2 Å². The van der Waals surface area contributed by atoms with Gasteiger partial charge in [0.15, 0.2) is 0 Å². The number of methoxy groups -OCH3 is 2. The number of halogens is 2. The summed E-state index contributed by atoms with van der Waals surface area (Å²) in [5.41, 5.74) is 5.82. The summed E-state index contributed by atoms with van der Waals surface area (Å²) in [6.07, 6.45) is 8.61. The van der Waals surface area contributed by atoms with Gasteiger partial charge >= 0.3 is 0 Å². The van der Waals surface area contributed by atoms with Gasteiger partial charge in [-0.2, -0.15) is 0 Å². The first-order valence-corrected chi connectivity index (χ1v) is 16.6. The molecular formula is C35H39Cl2N5O4. The maximum absolute atomic E-state index is 7.06. The quantitative estimate of drug-likeness (QED) is 0.161. The lowest BCUT2D eigenvalue weighted by molar-refractivity contribution is 0.184. The fourth-order valence-corrected chi connectivity index (χ4v) is 6.71. The molecule has 2 fully saturated rings. The highest BCUT2D eigenvalue weighted by Gasteiger charge is 2.21. The molecule has 2 saturated heterocycles. The summed E-state index contributed by atoms with van der Waals surface area (Å²) >= 11 is 14.1. The van der Waals surface area contributed by atoms with Crippen molar-refractivity contribution in [2.24, 2.45) is 11.8 Å². The third kappa shape index (κ3) is 7.45. The summed E-state index contributed by atoms with van der Waals surface area (Å²) in [4.78, 5) is 19.0. The highest BCUT2D eigenvalue weighted by molar-refractivity contribution is 6.39. The number of benzene rings is 2. The van der Waals surface area contributed by atoms with Gasteiger partial charge in [-0.05, 0) is 43.9 Å². The highest BCUT2D eigenvalue weighted by atomic mass is 35.5. The molecule has 0 unspecified atom stereocenters. The zero-order valence-electron chi connectivity index (χ0n) is 26.2. The Morgan fingerprint density at radius 3 is 1.87 bits per heavy atom. The van der Waals surface area contributed by atoms with Crippen molar-refractivity contribution in [2.45, 2.75) is 38.6 Å². The van der Waals surface area contributed by atoms with Crippen LogP contribution in [-0.2, 0) is 22.4 Å². The van der Waals surface area contributed by atoms with Crippen molar-refractivity contribution in [2.75, 3.05) is 47.2 Å². The molecule has 6 rings (SSSR count). The van der Waals surface area contributed by atoms with Crippen LogP contribution < -0.4 is 14.8 Å². The summed E-state index contributed by atoms with van der Waals surface area (Å²) in [5.74, 6) is 2.12. The Kier molecular flexibility index (Phi) is 11.0. The van der Waals surface area contributed by atoms with Crippen molar-refractivity contribution < 1.29 is 18.9 Å². The highest BCUT2D eigenvalue weighted by Crippen LogP contribution is 2.42. The van der Waals surface area contributed by atoms with Gasteiger partial charge < -0.3 is 24.3 Å². The zero-order valence-corrected chi connectivity index (χ0v) is 27.7. The van der Waals surface area contributed by atoms with Crippen molar-refractivity contribution in [3.8, 4) is 45.4 Å². The summed E-state index contributed by atoms with van der Waals surface area (Å²) in [6, 6.07) is 11.6. The molecular weight excluding hydrogens is 625 g/mol. The van der Waals surface area contributed by atoms with E-state index in [1.54, 1.807) is 26.6 Å². The van der Waals surface area contributed by atoms with Crippen molar-refractivity contribution in [3.63, 3.8) is 0 Å². The molecule has 46 heavy (non-hydrogen) atoms. The molecule has 0 radical (unpaired) electrons. The standard InChI is InChI=1S/C35H39Cl2N5O4/c1-43-34-28(11-3-6-22-12-14-45-20-22)39-18-29(41-34)26-9-4-7-24(32(26)36)25-8-5-10-27(33(25)37)30-19-40-31(35(42-30)44-2)17-38-16-23-13-15-46-21-23/h4-5,7-10,18-19,22-23,38H,3,6,11-17,20-21H2,1-2H3/t22-,23+/m0/s1. The largest absolute Gasteiger partial charge is 0.480 e. The molecule has 2 aliphatic rings. The van der Waals surface area contributed by atoms with Crippen LogP contribution in [0.4, 0.5) is 0 Å². The van der Waals surface area contributed by atoms with E-state index in [0.29, 0.717) is 51.6 Å². The Hall–Kier alpha value is -3.34. The van der Waals surface area contributed by atoms with E-state index in [0.717, 1.165) is 98.7 Å². The van der Waals surface area contributed by atoms with Crippen molar-refractivity contribution in [1.82, 2.24) is 25.3 Å². The van der Waals surface area contributed by atoms with Crippen LogP contribution in [0.2, 0.25) is 10.0 Å². The van der Waals surface area contributed by atoms with E-state index in [4.69, 9.17) is 57.1 Å². The zero-order chi connectivity index (χ0) is 31.9. The van der Waals surface area contributed by atoms with Crippen LogP contribution in [0.5, 0.6) is 11.8 Å². The first kappa shape index (κ1) is 32.6. The number of hydrogen-bond acceptors (Lipinski definition) is 9. The van der Waals surface area contributed by atoms with E-state index >= 15 is 0 Å². The minimum Gasteiger partial charge on any atom is -0.480 e. The average Bonchev–Trinajstić information content (AvgIpc) is 3.81. The Morgan fingerprint density at radius 1 is 0.761 bits per heavy atom. The molecule has 11 heteroatoms. The Balaban J connectivity index is 1.22. The molecule has 4 aromatic rings. The van der Waals surface area contributed by atoms with E-state index in [9.17, 15) is 0 Å². The van der Waals surface area contributed by atoms with Crippen LogP contribution in [0.1, 0.15) is 37.1 Å². The van der Waals surface area contributed by atoms with Crippen LogP contribution in [-0.4, -0.2) is 67.1 Å². The molecule has 242 valence electrons. The third-order valence-corrected chi connectivity index (χ3v) is 9.46. The molecule has 4 heterocycles. The van der Waals surface area contributed by atoms with Gasteiger partial charge in [-0.1, -0.05) is 59.6 Å². The summed E-state index contributed by atoms with van der Waals surface area (Å²) in [6.45, 7) is 4.75. The van der Waals surface area contributed by atoms with Crippen LogP contribution in [0, 0.1) is 11.8 Å². The molecule has 0 bridgehead atoms. The number of nitrogens with one attached hydrogen (secondary N) is 1. The fraction of sp³-hybridized carbons (Fsp3) is 0.429. The van der Waals surface area contributed by atoms with Crippen molar-refractivity contribution in [3.05, 3.63) is 70.2 Å². The molecule has 0 spiro atoms. The van der Waals surface area contributed by atoms with E-state index < -0.39 is 0 Å². The summed E-state index contributed by atoms with van der Waals surface area (Å²) in [5, 5.41) is 4.48. The van der Waals surface area contributed by atoms with Gasteiger partial charge in [-0.25, -0.2) is 9.97 Å². The summed E-state index contributed by atoms with van der Waals surface area (Å²) < 4.78 is 22.2. The number of ether oxygens (including phenoxy) is 4. The second-order valence-electron chi connectivity index (χ2n) is 11.7. The molecule has 9 nitrogen and oxygen atoms in total. The lowest BCUT2D eigenvalue weighted by Gasteiger charge is -2.15. The molecule has 2 aromatic carbocycles. The minimum absolute atomic E-state index is 0.456. The number of nitrogens with zero attached hydrogens (tertiary/aromatic N) is 4. The molecule has 2 aliphatic heterocycles. The third-order valence-electron chi connectivity index (χ3n) is 8.65. The number of rotatable bonds is 13. The van der Waals surface area contributed by atoms with Gasteiger partial charge in [0, 0.05) is 55.2 Å². The average molecular weight is 665 g/mol. The smallest absolute Gasteiger partial charge is 0.237 e. The minimum atomic E-state index is 0.456. The second-order valence-corrected chi connectivity index (χ2v) is 12.5. The number of hydrogen-bond donors (Lipinski definition) is 1. The van der Waals surface area contributed by atoms with Crippen molar-refractivity contribution in [1.29, 1.82) is 0 Å². The first-order chi connectivity index (χ1) is 22.6. The number of aryl methyl sites for hydroxylation is 1. The molecule has 0 aliphatic carbocycles. The van der Waals surface area contributed by atoms with Crippen LogP contribution in [0.3, 0.4) is 0 Å². The molecule has 0 saturated carbocycles. The predicted molar refractivity (Wildman–Crippen MR) is 180 cm³/mol. The van der Waals surface area contributed by atoms with Gasteiger partial charge in [0.1, 0.15) is 11.4 Å². The van der Waals surface area contributed by atoms with Crippen LogP contribution in [0.15, 0.2) is 48.8 Å². The van der Waals surface area contributed by atoms with Gasteiger partial charge in [0.2, 0.25) is 11.8 Å². The topological polar surface area (TPSA) is 101 Å². The molecule has 2 aromatic heterocycles. The lowest BCUT2D eigenvalue weighted by atomic mass is 9.98. The Labute approximate surface area is 280 Å². The Morgan fingerprint density at radius 2 is 1.30 bits per heavy atom. The lowest BCUT2D eigenvalue weighted by Crippen LogP contribution is -2.23. The van der Waals surface area contributed by atoms with Gasteiger partial charge in [-0.15, -0.1) is 0 Å². The SMILES string of the molecule is COc1nc(-c2cccc(-c3cccc(-c4cnc(CNC[C@H]5CCOC5)c(OC)n4)c3Cl)c2Cl)cnc1CCC[C@H]1CCOC1. The molecule has 1 N–H and O–H groups in total. The normalized spacial score (nSPS) is 17.8. The first-order valence-electron chi connectivity index (χ1n) is 15.8. The van der Waals surface area contributed by atoms with E-state index in [2.05, 4.69) is 10.3 Å². The van der Waals surface area contributed by atoms with Crippen molar-refractivity contribution >= 4 is 23.2 Å². The van der Waals surface area contributed by atoms with E-state index in [-0.39, 0.29) is 0 Å². The number of aromatic nitrogens is 4. The maximum atomic E-state index is 7.06. The molecule has 2 atom stereocenters. The van der Waals surface area contributed by atoms with E-state index in [1.807, 2.05) is 36.4 Å². The van der Waals surface area contributed by atoms with Gasteiger partial charge in [0.05, 0.1) is 54.7 Å². The Bertz CT molecular complexity index is 1520. The second kappa shape index (κ2) is 15.5. The molecule has 0 amide bonds. The maximum Gasteiger partial charge on any atom is 0.237 e. The predicted octanol–water partition coefficient (Wildman–Crippen LogP) is 7.08. The summed E-state index contributed by atoms with van der Waals surface area (Å²) in [7, 11) is 3.22. The fourth-order valence-electron chi connectivity index (χ4n) is 6.06. The van der Waals surface area contributed by atoms with Crippen LogP contribution in [0.25, 0.3) is 33.6 Å². The van der Waals surface area contributed by atoms with Gasteiger partial charge in [-0.3, -0.25) is 9.97 Å². The monoisotopic (exact) mass is 663 g/mol. The van der Waals surface area contributed by atoms with E-state index in [1.165, 1.54) is 0 Å².